The first-order chi connectivity index (χ1) is 8.25. The zero-order chi connectivity index (χ0) is 11.8. The van der Waals surface area contributed by atoms with Crippen LogP contribution in [0.2, 0.25) is 5.02 Å². The summed E-state index contributed by atoms with van der Waals surface area (Å²) in [5.74, 6) is 1.04. The lowest BCUT2D eigenvalue weighted by molar-refractivity contribution is 0.358. The Hall–Kier alpha value is -1.67. The summed E-state index contributed by atoms with van der Waals surface area (Å²) in [7, 11) is 0. The number of benzene rings is 2. The van der Waals surface area contributed by atoms with Gasteiger partial charge in [-0.1, -0.05) is 35.9 Å². The monoisotopic (exact) mass is 246 g/mol. The zero-order valence-corrected chi connectivity index (χ0v) is 9.87. The fourth-order valence-electron chi connectivity index (χ4n) is 2.12. The highest BCUT2D eigenvalue weighted by Crippen LogP contribution is 2.38. The van der Waals surface area contributed by atoms with Crippen molar-refractivity contribution < 1.29 is 9.84 Å². The number of ether oxygens (including phenoxy) is 1. The molecule has 0 atom stereocenters. The lowest BCUT2D eigenvalue weighted by Crippen LogP contribution is -1.88. The molecule has 0 saturated carbocycles. The van der Waals surface area contributed by atoms with Gasteiger partial charge in [0.2, 0.25) is 0 Å². The molecule has 2 aromatic carbocycles. The molecule has 0 aliphatic carbocycles. The Morgan fingerprint density at radius 3 is 2.88 bits per heavy atom. The molecular formula is C14H11ClO2. The van der Waals surface area contributed by atoms with Gasteiger partial charge in [0, 0.05) is 12.0 Å². The number of para-hydroxylation sites is 1. The van der Waals surface area contributed by atoms with Gasteiger partial charge in [-0.15, -0.1) is 0 Å². The van der Waals surface area contributed by atoms with Gasteiger partial charge in [0.15, 0.2) is 0 Å². The number of hydrogen-bond acceptors (Lipinski definition) is 2. The first-order valence-corrected chi connectivity index (χ1v) is 5.87. The van der Waals surface area contributed by atoms with Crippen molar-refractivity contribution in [1.82, 2.24) is 0 Å². The van der Waals surface area contributed by atoms with Crippen LogP contribution in [0.4, 0.5) is 0 Å². The van der Waals surface area contributed by atoms with Crippen molar-refractivity contribution in [2.24, 2.45) is 0 Å². The molecule has 0 radical (unpaired) electrons. The molecule has 2 nitrogen and oxygen atoms in total. The van der Waals surface area contributed by atoms with Gasteiger partial charge in [-0.2, -0.15) is 0 Å². The van der Waals surface area contributed by atoms with Crippen LogP contribution in [0.5, 0.6) is 11.5 Å². The maximum Gasteiger partial charge on any atom is 0.134 e. The van der Waals surface area contributed by atoms with E-state index in [1.165, 1.54) is 5.56 Å². The van der Waals surface area contributed by atoms with Crippen molar-refractivity contribution >= 4 is 11.6 Å². The first-order valence-electron chi connectivity index (χ1n) is 5.49. The molecule has 86 valence electrons. The highest BCUT2D eigenvalue weighted by Gasteiger charge is 2.17. The van der Waals surface area contributed by atoms with Gasteiger partial charge >= 0.3 is 0 Å². The molecule has 0 spiro atoms. The van der Waals surface area contributed by atoms with Crippen LogP contribution in [0.3, 0.4) is 0 Å². The van der Waals surface area contributed by atoms with Gasteiger partial charge in [0.05, 0.1) is 11.6 Å². The van der Waals surface area contributed by atoms with Crippen LogP contribution in [-0.2, 0) is 6.42 Å². The molecule has 0 fully saturated rings. The van der Waals surface area contributed by atoms with E-state index in [4.69, 9.17) is 16.3 Å². The van der Waals surface area contributed by atoms with Crippen molar-refractivity contribution in [1.29, 1.82) is 0 Å². The number of phenols is 1. The second-order valence-corrected chi connectivity index (χ2v) is 4.47. The van der Waals surface area contributed by atoms with E-state index >= 15 is 0 Å². The van der Waals surface area contributed by atoms with Gasteiger partial charge in [-0.3, -0.25) is 0 Å². The van der Waals surface area contributed by atoms with Crippen LogP contribution in [0.25, 0.3) is 11.1 Å². The zero-order valence-electron chi connectivity index (χ0n) is 9.11. The minimum absolute atomic E-state index is 0.101. The van der Waals surface area contributed by atoms with Gasteiger partial charge in [-0.25, -0.2) is 0 Å². The number of fused-ring (bicyclic) bond motifs is 1. The second-order valence-electron chi connectivity index (χ2n) is 4.06. The highest BCUT2D eigenvalue weighted by molar-refractivity contribution is 6.32. The summed E-state index contributed by atoms with van der Waals surface area (Å²) in [4.78, 5) is 0. The molecular weight excluding hydrogens is 236 g/mol. The van der Waals surface area contributed by atoms with E-state index in [-0.39, 0.29) is 5.75 Å². The minimum Gasteiger partial charge on any atom is -0.506 e. The Morgan fingerprint density at radius 2 is 2.06 bits per heavy atom. The summed E-state index contributed by atoms with van der Waals surface area (Å²) in [5, 5.41) is 9.78. The normalized spacial score (nSPS) is 13.2. The van der Waals surface area contributed by atoms with Crippen LogP contribution < -0.4 is 4.74 Å². The van der Waals surface area contributed by atoms with Crippen LogP contribution in [-0.4, -0.2) is 11.7 Å². The lowest BCUT2D eigenvalue weighted by Gasteiger charge is -2.08. The fourth-order valence-corrected chi connectivity index (χ4v) is 2.30. The molecule has 3 rings (SSSR count). The highest BCUT2D eigenvalue weighted by atomic mass is 35.5. The molecule has 0 saturated heterocycles. The van der Waals surface area contributed by atoms with E-state index in [9.17, 15) is 5.11 Å². The SMILES string of the molecule is Oc1ccc(-c2cccc3c2OCC3)cc1Cl. The third-order valence-electron chi connectivity index (χ3n) is 2.97. The molecule has 0 amide bonds. The summed E-state index contributed by atoms with van der Waals surface area (Å²) in [5.41, 5.74) is 3.22. The average molecular weight is 247 g/mol. The Morgan fingerprint density at radius 1 is 1.18 bits per heavy atom. The third-order valence-corrected chi connectivity index (χ3v) is 3.28. The predicted molar refractivity (Wildman–Crippen MR) is 67.8 cm³/mol. The molecule has 2 aromatic rings. The van der Waals surface area contributed by atoms with E-state index in [0.29, 0.717) is 5.02 Å². The lowest BCUT2D eigenvalue weighted by atomic mass is 10.0. The Labute approximate surface area is 104 Å². The summed E-state index contributed by atoms with van der Waals surface area (Å²) < 4.78 is 5.65. The average Bonchev–Trinajstić information content (AvgIpc) is 2.80. The standard InChI is InChI=1S/C14H11ClO2/c15-12-8-10(4-5-13(12)16)11-3-1-2-9-6-7-17-14(9)11/h1-5,8,16H,6-7H2. The van der Waals surface area contributed by atoms with Crippen molar-refractivity contribution in [3.05, 3.63) is 47.0 Å². The molecule has 0 bridgehead atoms. The molecule has 0 unspecified atom stereocenters. The summed E-state index contributed by atoms with van der Waals surface area (Å²) in [6.45, 7) is 0.734. The molecule has 0 aromatic heterocycles. The van der Waals surface area contributed by atoms with Gasteiger partial charge in [0.25, 0.3) is 0 Å². The van der Waals surface area contributed by atoms with Crippen molar-refractivity contribution in [3.63, 3.8) is 0 Å². The number of halogens is 1. The smallest absolute Gasteiger partial charge is 0.134 e. The largest absolute Gasteiger partial charge is 0.506 e. The van der Waals surface area contributed by atoms with Crippen LogP contribution in [0, 0.1) is 0 Å². The van der Waals surface area contributed by atoms with Crippen LogP contribution in [0.1, 0.15) is 5.56 Å². The topological polar surface area (TPSA) is 29.5 Å². The summed E-state index contributed by atoms with van der Waals surface area (Å²) >= 11 is 5.92. The fraction of sp³-hybridized carbons (Fsp3) is 0.143. The number of phenolic OH excluding ortho intramolecular Hbond substituents is 1. The maximum atomic E-state index is 9.42. The quantitative estimate of drug-likeness (QED) is 0.832. The van der Waals surface area contributed by atoms with E-state index in [1.54, 1.807) is 12.1 Å². The number of hydrogen-bond donors (Lipinski definition) is 1. The van der Waals surface area contributed by atoms with Gasteiger partial charge in [-0.05, 0) is 23.3 Å². The van der Waals surface area contributed by atoms with E-state index in [1.807, 2.05) is 18.2 Å². The van der Waals surface area contributed by atoms with E-state index in [2.05, 4.69) is 6.07 Å². The van der Waals surface area contributed by atoms with Crippen molar-refractivity contribution in [3.8, 4) is 22.6 Å². The summed E-state index contributed by atoms with van der Waals surface area (Å²) in [6.07, 6.45) is 0.953. The number of aromatic hydroxyl groups is 1. The molecule has 1 aliphatic rings. The van der Waals surface area contributed by atoms with E-state index in [0.717, 1.165) is 29.9 Å². The first kappa shape index (κ1) is 10.5. The summed E-state index contributed by atoms with van der Waals surface area (Å²) in [6, 6.07) is 11.3. The van der Waals surface area contributed by atoms with Crippen molar-refractivity contribution in [2.45, 2.75) is 6.42 Å². The Balaban J connectivity index is 2.15. The van der Waals surface area contributed by atoms with E-state index < -0.39 is 0 Å². The van der Waals surface area contributed by atoms with Crippen LogP contribution >= 0.6 is 11.6 Å². The molecule has 1 heterocycles. The minimum atomic E-state index is 0.101. The Kier molecular flexibility index (Phi) is 2.45. The molecule has 1 aliphatic heterocycles. The molecule has 17 heavy (non-hydrogen) atoms. The molecule has 3 heteroatoms. The van der Waals surface area contributed by atoms with Crippen molar-refractivity contribution in [2.75, 3.05) is 6.61 Å². The van der Waals surface area contributed by atoms with Gasteiger partial charge in [0.1, 0.15) is 11.5 Å². The number of rotatable bonds is 1. The van der Waals surface area contributed by atoms with Gasteiger partial charge < -0.3 is 9.84 Å². The second kappa shape index (κ2) is 3.97. The third kappa shape index (κ3) is 1.75. The predicted octanol–water partition coefficient (Wildman–Crippen LogP) is 3.65. The molecule has 1 N–H and O–H groups in total. The Bertz CT molecular complexity index is 578. The van der Waals surface area contributed by atoms with Crippen LogP contribution in [0.15, 0.2) is 36.4 Å². The maximum absolute atomic E-state index is 9.42.